The van der Waals surface area contributed by atoms with Gasteiger partial charge in [0.2, 0.25) is 11.8 Å². The fraction of sp³-hybridized carbons (Fsp3) is 0.722. The molecule has 1 aliphatic heterocycles. The number of aromatic nitrogens is 2. The summed E-state index contributed by atoms with van der Waals surface area (Å²) in [4.78, 5) is 31.1. The number of imidazole rings is 1. The lowest BCUT2D eigenvalue weighted by Crippen LogP contribution is -2.42. The summed E-state index contributed by atoms with van der Waals surface area (Å²) in [6.45, 7) is 7.31. The van der Waals surface area contributed by atoms with Crippen molar-refractivity contribution in [3.8, 4) is 0 Å². The van der Waals surface area contributed by atoms with E-state index in [9.17, 15) is 9.59 Å². The van der Waals surface area contributed by atoms with Crippen molar-refractivity contribution in [2.45, 2.75) is 71.5 Å². The molecule has 24 heavy (non-hydrogen) atoms. The van der Waals surface area contributed by atoms with Gasteiger partial charge in [-0.15, -0.1) is 0 Å². The molecule has 1 saturated carbocycles. The van der Waals surface area contributed by atoms with Gasteiger partial charge in [-0.05, 0) is 19.8 Å². The Bertz CT molecular complexity index is 617. The number of hydrogen-bond donors (Lipinski definition) is 1. The van der Waals surface area contributed by atoms with Crippen LogP contribution in [0, 0.1) is 5.92 Å². The van der Waals surface area contributed by atoms with E-state index in [4.69, 9.17) is 0 Å². The third-order valence-corrected chi connectivity index (χ3v) is 5.12. The number of fused-ring (bicyclic) bond motifs is 1. The number of carbonyl (C=O) groups is 2. The maximum Gasteiger partial charge on any atom is 0.226 e. The molecule has 0 radical (unpaired) electrons. The highest BCUT2D eigenvalue weighted by Gasteiger charge is 2.31. The first-order chi connectivity index (χ1) is 11.5. The topological polar surface area (TPSA) is 67.2 Å². The number of carbonyl (C=O) groups excluding carboxylic acids is 2. The van der Waals surface area contributed by atoms with Crippen LogP contribution in [0.2, 0.25) is 0 Å². The third-order valence-electron chi connectivity index (χ3n) is 5.12. The molecular formula is C18H28N4O2. The van der Waals surface area contributed by atoms with Crippen LogP contribution in [0.1, 0.15) is 64.0 Å². The van der Waals surface area contributed by atoms with Gasteiger partial charge in [0.05, 0.1) is 18.2 Å². The zero-order valence-electron chi connectivity index (χ0n) is 14.9. The molecule has 1 aromatic rings. The summed E-state index contributed by atoms with van der Waals surface area (Å²) in [6, 6.07) is 0.299. The molecule has 132 valence electrons. The van der Waals surface area contributed by atoms with Crippen LogP contribution >= 0.6 is 0 Å². The second-order valence-corrected chi connectivity index (χ2v) is 7.37. The first kappa shape index (κ1) is 17.0. The number of rotatable bonds is 4. The van der Waals surface area contributed by atoms with E-state index in [1.165, 1.54) is 12.8 Å². The fourth-order valence-electron chi connectivity index (χ4n) is 3.78. The van der Waals surface area contributed by atoms with Crippen molar-refractivity contribution in [2.75, 3.05) is 6.54 Å². The second-order valence-electron chi connectivity index (χ2n) is 7.37. The Morgan fingerprint density at radius 2 is 2.00 bits per heavy atom. The molecule has 0 bridgehead atoms. The van der Waals surface area contributed by atoms with Gasteiger partial charge < -0.3 is 14.8 Å². The van der Waals surface area contributed by atoms with E-state index < -0.39 is 0 Å². The predicted molar refractivity (Wildman–Crippen MR) is 91.3 cm³/mol. The third kappa shape index (κ3) is 3.47. The molecule has 2 aliphatic rings. The smallest absolute Gasteiger partial charge is 0.226 e. The highest BCUT2D eigenvalue weighted by molar-refractivity contribution is 5.79. The molecule has 3 rings (SSSR count). The SMILES string of the molecule is CC(C)C(=O)N1CCn2cc(CC(=O)NC3CCCC3)nc2C1C. The van der Waals surface area contributed by atoms with Crippen LogP contribution < -0.4 is 5.32 Å². The Kier molecular flexibility index (Phi) is 4.92. The van der Waals surface area contributed by atoms with Gasteiger partial charge >= 0.3 is 0 Å². The van der Waals surface area contributed by atoms with Crippen molar-refractivity contribution in [1.29, 1.82) is 0 Å². The van der Waals surface area contributed by atoms with Crippen molar-refractivity contribution in [2.24, 2.45) is 5.92 Å². The summed E-state index contributed by atoms with van der Waals surface area (Å²) >= 11 is 0. The maximum atomic E-state index is 12.3. The monoisotopic (exact) mass is 332 g/mol. The van der Waals surface area contributed by atoms with E-state index >= 15 is 0 Å². The van der Waals surface area contributed by atoms with Gasteiger partial charge in [0, 0.05) is 31.2 Å². The second kappa shape index (κ2) is 6.95. The van der Waals surface area contributed by atoms with E-state index in [2.05, 4.69) is 14.9 Å². The summed E-state index contributed by atoms with van der Waals surface area (Å²) in [5.74, 6) is 1.10. The number of hydrogen-bond acceptors (Lipinski definition) is 3. The standard InChI is InChI=1S/C18H28N4O2/c1-12(2)18(24)22-9-8-21-11-15(20-17(21)13(22)3)10-16(23)19-14-6-4-5-7-14/h11-14H,4-10H2,1-3H3,(H,19,23). The van der Waals surface area contributed by atoms with Gasteiger partial charge in [-0.3, -0.25) is 9.59 Å². The van der Waals surface area contributed by atoms with Crippen molar-refractivity contribution < 1.29 is 9.59 Å². The van der Waals surface area contributed by atoms with E-state index in [0.717, 1.165) is 30.9 Å². The molecule has 1 atom stereocenters. The summed E-state index contributed by atoms with van der Waals surface area (Å²) < 4.78 is 2.09. The highest BCUT2D eigenvalue weighted by Crippen LogP contribution is 2.26. The molecular weight excluding hydrogens is 304 g/mol. The minimum absolute atomic E-state index is 0.00868. The molecule has 1 aromatic heterocycles. The van der Waals surface area contributed by atoms with Crippen LogP contribution in [0.25, 0.3) is 0 Å². The molecule has 2 heterocycles. The van der Waals surface area contributed by atoms with Crippen LogP contribution in [0.4, 0.5) is 0 Å². The van der Waals surface area contributed by atoms with Gasteiger partial charge in [-0.1, -0.05) is 26.7 Å². The van der Waals surface area contributed by atoms with E-state index in [0.29, 0.717) is 19.0 Å². The highest BCUT2D eigenvalue weighted by atomic mass is 16.2. The Morgan fingerprint density at radius 1 is 1.29 bits per heavy atom. The van der Waals surface area contributed by atoms with Crippen molar-refractivity contribution >= 4 is 11.8 Å². The van der Waals surface area contributed by atoms with Crippen LogP contribution in [-0.2, 0) is 22.6 Å². The molecule has 0 aromatic carbocycles. The quantitative estimate of drug-likeness (QED) is 0.917. The zero-order valence-corrected chi connectivity index (χ0v) is 14.9. The lowest BCUT2D eigenvalue weighted by atomic mass is 10.1. The number of nitrogens with one attached hydrogen (secondary N) is 1. The molecule has 0 saturated heterocycles. The largest absolute Gasteiger partial charge is 0.353 e. The average Bonchev–Trinajstić information content (AvgIpc) is 3.16. The minimum Gasteiger partial charge on any atom is -0.353 e. The average molecular weight is 332 g/mol. The lowest BCUT2D eigenvalue weighted by Gasteiger charge is -2.34. The predicted octanol–water partition coefficient (Wildman–Crippen LogP) is 2.04. The fourth-order valence-corrected chi connectivity index (χ4v) is 3.78. The number of amides is 2. The first-order valence-electron chi connectivity index (χ1n) is 9.11. The van der Waals surface area contributed by atoms with Gasteiger partial charge in [-0.2, -0.15) is 0 Å². The molecule has 0 spiro atoms. The van der Waals surface area contributed by atoms with E-state index in [-0.39, 0.29) is 23.8 Å². The normalized spacial score (nSPS) is 21.2. The Hall–Kier alpha value is -1.85. The van der Waals surface area contributed by atoms with E-state index in [1.54, 1.807) is 0 Å². The Balaban J connectivity index is 1.65. The number of nitrogens with zero attached hydrogens (tertiary/aromatic N) is 3. The van der Waals surface area contributed by atoms with Crippen molar-refractivity contribution in [3.63, 3.8) is 0 Å². The molecule has 2 amide bonds. The van der Waals surface area contributed by atoms with Gasteiger partial charge in [0.15, 0.2) is 0 Å². The van der Waals surface area contributed by atoms with Crippen molar-refractivity contribution in [1.82, 2.24) is 19.8 Å². The maximum absolute atomic E-state index is 12.3. The molecule has 1 aliphatic carbocycles. The molecule has 1 N–H and O–H groups in total. The molecule has 6 nitrogen and oxygen atoms in total. The molecule has 1 unspecified atom stereocenters. The summed E-state index contributed by atoms with van der Waals surface area (Å²) in [7, 11) is 0. The molecule has 6 heteroatoms. The van der Waals surface area contributed by atoms with Crippen LogP contribution in [-0.4, -0.2) is 38.9 Å². The lowest BCUT2D eigenvalue weighted by molar-refractivity contribution is -0.137. The summed E-state index contributed by atoms with van der Waals surface area (Å²) in [5.41, 5.74) is 0.797. The van der Waals surface area contributed by atoms with Crippen molar-refractivity contribution in [3.05, 3.63) is 17.7 Å². The molecule has 1 fully saturated rings. The Morgan fingerprint density at radius 3 is 2.67 bits per heavy atom. The summed E-state index contributed by atoms with van der Waals surface area (Å²) in [5, 5.41) is 3.11. The summed E-state index contributed by atoms with van der Waals surface area (Å²) in [6.07, 6.45) is 6.89. The minimum atomic E-state index is -0.0414. The van der Waals surface area contributed by atoms with E-state index in [1.807, 2.05) is 31.9 Å². The van der Waals surface area contributed by atoms with Gasteiger partial charge in [0.25, 0.3) is 0 Å². The Labute approximate surface area is 143 Å². The van der Waals surface area contributed by atoms with Gasteiger partial charge in [-0.25, -0.2) is 4.98 Å². The first-order valence-corrected chi connectivity index (χ1v) is 9.11. The van der Waals surface area contributed by atoms with Crippen LogP contribution in [0.3, 0.4) is 0 Å². The zero-order chi connectivity index (χ0) is 17.3. The van der Waals surface area contributed by atoms with Crippen LogP contribution in [0.5, 0.6) is 0 Å². The van der Waals surface area contributed by atoms with Gasteiger partial charge in [0.1, 0.15) is 5.82 Å². The van der Waals surface area contributed by atoms with Crippen LogP contribution in [0.15, 0.2) is 6.20 Å².